The smallest absolute Gasteiger partial charge is 0.373 e. The topological polar surface area (TPSA) is 99.1 Å². The van der Waals surface area contributed by atoms with Gasteiger partial charge in [0.15, 0.2) is 16.6 Å². The summed E-state index contributed by atoms with van der Waals surface area (Å²) in [7, 11) is -7.93. The first kappa shape index (κ1) is 44.3. The lowest BCUT2D eigenvalue weighted by Gasteiger charge is -2.41. The second kappa shape index (κ2) is 19.1. The van der Waals surface area contributed by atoms with Gasteiger partial charge in [0.25, 0.3) is 0 Å². The molecule has 7 nitrogen and oxygen atoms in total. The molecule has 0 saturated carbocycles. The van der Waals surface area contributed by atoms with Crippen molar-refractivity contribution in [2.75, 3.05) is 0 Å². The van der Waals surface area contributed by atoms with Crippen molar-refractivity contribution in [3.8, 4) is 0 Å². The van der Waals surface area contributed by atoms with Crippen molar-refractivity contribution in [1.82, 2.24) is 0 Å². The average Bonchev–Trinajstić information content (AvgIpc) is 2.31. The van der Waals surface area contributed by atoms with E-state index in [1.54, 1.807) is 0 Å². The van der Waals surface area contributed by atoms with Crippen molar-refractivity contribution in [3.05, 3.63) is 0 Å². The van der Waals surface area contributed by atoms with Crippen LogP contribution in [0.1, 0.15) is 55.4 Å². The third-order valence-electron chi connectivity index (χ3n) is 3.06. The summed E-state index contributed by atoms with van der Waals surface area (Å²) >= 11 is 0. The molecule has 0 amide bonds. The van der Waals surface area contributed by atoms with Crippen LogP contribution in [0.2, 0.25) is 65.0 Å². The number of carboxylic acids is 1. The Bertz CT molecular complexity index is 483. The van der Waals surface area contributed by atoms with Crippen molar-refractivity contribution in [1.29, 1.82) is 0 Å². The fourth-order valence-corrected chi connectivity index (χ4v) is 21.0. The van der Waals surface area contributed by atoms with Crippen molar-refractivity contribution in [2.45, 2.75) is 120 Å². The molecule has 0 spiro atoms. The van der Waals surface area contributed by atoms with Gasteiger partial charge in [-0.3, -0.25) is 4.79 Å². The predicted molar refractivity (Wildman–Crippen MR) is 142 cm³/mol. The molecular weight excluding hydrogens is 465 g/mol. The van der Waals surface area contributed by atoms with E-state index in [1.807, 2.05) is 0 Å². The van der Waals surface area contributed by atoms with E-state index in [-0.39, 0.29) is 42.3 Å². The summed E-state index contributed by atoms with van der Waals surface area (Å²) < 4.78 is 19.4. The molecule has 1 atom stereocenters. The molecule has 0 aliphatic heterocycles. The van der Waals surface area contributed by atoms with Gasteiger partial charge in [-0.15, -0.1) is 0 Å². The maximum absolute atomic E-state index is 10.6. The first-order valence-electron chi connectivity index (χ1n) is 9.27. The molecular formula is C20H54O7Si4. The largest absolute Gasteiger partial charge is 0.481 e. The minimum atomic E-state index is -2.32. The number of aliphatic carboxylic acids is 1. The fraction of sp³-hybridized carbons (Fsp3) is 0.900. The Morgan fingerprint density at radius 2 is 1.10 bits per heavy atom. The van der Waals surface area contributed by atoms with E-state index in [0.29, 0.717) is 0 Å². The molecule has 0 radical (unpaired) electrons. The standard InChI is InChI=1S/C15H38O5Si4.CO2.4CH4/c1-21(2,3)18-23(7,8)20-24(9,19-22(4,5)6)14-12-10-11-13-15(16)17;2-1-3;;;;/h10-14H2,1-9H3,(H,16,17);;4*1H4. The van der Waals surface area contributed by atoms with Crippen LogP contribution in [0.15, 0.2) is 0 Å². The van der Waals surface area contributed by atoms with Crippen LogP contribution in [0.3, 0.4) is 0 Å². The second-order valence-electron chi connectivity index (χ2n) is 9.10. The van der Waals surface area contributed by atoms with Crippen LogP contribution >= 0.6 is 0 Å². The lowest BCUT2D eigenvalue weighted by Crippen LogP contribution is -2.56. The van der Waals surface area contributed by atoms with E-state index in [0.717, 1.165) is 25.3 Å². The van der Waals surface area contributed by atoms with Gasteiger partial charge in [-0.2, -0.15) is 9.59 Å². The second-order valence-corrected chi connectivity index (χ2v) is 25.6. The van der Waals surface area contributed by atoms with E-state index in [2.05, 4.69) is 58.9 Å². The third-order valence-corrected chi connectivity index (χ3v) is 16.6. The minimum absolute atomic E-state index is 0. The Morgan fingerprint density at radius 3 is 1.42 bits per heavy atom. The van der Waals surface area contributed by atoms with E-state index < -0.39 is 39.7 Å². The molecule has 11 heteroatoms. The Balaban J connectivity index is -0.000000210. The van der Waals surface area contributed by atoms with Crippen molar-refractivity contribution in [2.24, 2.45) is 0 Å². The zero-order valence-electron chi connectivity index (χ0n) is 18.4. The number of carbonyl (C=O) groups is 1. The molecule has 31 heavy (non-hydrogen) atoms. The maximum atomic E-state index is 10.6. The first-order chi connectivity index (χ1) is 12.0. The number of rotatable bonds is 12. The number of unbranched alkanes of at least 4 members (excludes halogenated alkanes) is 2. The number of carboxylic acid groups (broad SMARTS) is 1. The molecule has 0 bridgehead atoms. The molecule has 0 aliphatic rings. The summed E-state index contributed by atoms with van der Waals surface area (Å²) in [5.74, 6) is -0.721. The molecule has 1 N–H and O–H groups in total. The fourth-order valence-electron chi connectivity index (χ4n) is 2.95. The summed E-state index contributed by atoms with van der Waals surface area (Å²) in [5.41, 5.74) is 0. The molecule has 0 fully saturated rings. The zero-order chi connectivity index (χ0) is 21.9. The maximum Gasteiger partial charge on any atom is 0.373 e. The third kappa shape index (κ3) is 31.9. The van der Waals surface area contributed by atoms with Gasteiger partial charge in [-0.05, 0) is 71.4 Å². The monoisotopic (exact) mass is 518 g/mol. The van der Waals surface area contributed by atoms with Gasteiger partial charge in [0.2, 0.25) is 0 Å². The molecule has 0 heterocycles. The Labute approximate surface area is 198 Å². The quantitative estimate of drug-likeness (QED) is 0.217. The molecule has 0 aromatic rings. The van der Waals surface area contributed by atoms with E-state index >= 15 is 0 Å². The van der Waals surface area contributed by atoms with E-state index in [1.165, 1.54) is 0 Å². The Kier molecular flexibility index (Phi) is 27.3. The van der Waals surface area contributed by atoms with Crippen LogP contribution in [0.5, 0.6) is 0 Å². The van der Waals surface area contributed by atoms with Gasteiger partial charge < -0.3 is 17.5 Å². The zero-order valence-corrected chi connectivity index (χ0v) is 22.4. The van der Waals surface area contributed by atoms with Gasteiger partial charge >= 0.3 is 29.2 Å². The molecule has 0 aromatic carbocycles. The van der Waals surface area contributed by atoms with Gasteiger partial charge in [-0.25, -0.2) is 0 Å². The summed E-state index contributed by atoms with van der Waals surface area (Å²) in [6.07, 6.45) is 3.08. The number of hydrogen-bond donors (Lipinski definition) is 1. The molecule has 0 aliphatic carbocycles. The van der Waals surface area contributed by atoms with Crippen LogP contribution in [0, 0.1) is 0 Å². The normalized spacial score (nSPS) is 12.7. The predicted octanol–water partition coefficient (Wildman–Crippen LogP) is 7.09. The Morgan fingerprint density at radius 1 is 0.710 bits per heavy atom. The van der Waals surface area contributed by atoms with Crippen LogP contribution in [0.25, 0.3) is 0 Å². The SMILES string of the molecule is C.C.C.C.C[Si](C)(C)O[Si](C)(C)O[Si](C)(CCCCCC(=O)O)O[Si](C)(C)C.O=C=O. The highest BCUT2D eigenvalue weighted by Gasteiger charge is 2.44. The van der Waals surface area contributed by atoms with Gasteiger partial charge in [0, 0.05) is 6.42 Å². The van der Waals surface area contributed by atoms with E-state index in [9.17, 15) is 4.79 Å². The van der Waals surface area contributed by atoms with Crippen LogP contribution in [0.4, 0.5) is 0 Å². The number of carbonyl (C=O) groups excluding carboxylic acids is 2. The lowest BCUT2D eigenvalue weighted by atomic mass is 10.2. The van der Waals surface area contributed by atoms with E-state index in [4.69, 9.17) is 27.0 Å². The summed E-state index contributed by atoms with van der Waals surface area (Å²) in [5, 5.41) is 8.74. The van der Waals surface area contributed by atoms with Crippen LogP contribution in [-0.2, 0) is 26.7 Å². The first-order valence-corrected chi connectivity index (χ1v) is 21.4. The van der Waals surface area contributed by atoms with Gasteiger partial charge in [-0.1, -0.05) is 42.5 Å². The summed E-state index contributed by atoms with van der Waals surface area (Å²) in [6.45, 7) is 19.5. The van der Waals surface area contributed by atoms with Gasteiger partial charge in [0.1, 0.15) is 0 Å². The molecule has 0 rings (SSSR count). The van der Waals surface area contributed by atoms with Crippen LogP contribution < -0.4 is 0 Å². The molecule has 1 unspecified atom stereocenters. The van der Waals surface area contributed by atoms with Crippen molar-refractivity contribution in [3.63, 3.8) is 0 Å². The molecule has 0 aromatic heterocycles. The molecule has 0 saturated heterocycles. The van der Waals surface area contributed by atoms with Crippen LogP contribution in [-0.4, -0.2) is 51.0 Å². The van der Waals surface area contributed by atoms with Crippen molar-refractivity contribution < 1.29 is 31.8 Å². The Hall–Kier alpha value is -0.402. The molecule has 192 valence electrons. The lowest BCUT2D eigenvalue weighted by molar-refractivity contribution is -0.191. The average molecular weight is 519 g/mol. The van der Waals surface area contributed by atoms with Crippen molar-refractivity contribution >= 4 is 45.9 Å². The van der Waals surface area contributed by atoms with Gasteiger partial charge in [0.05, 0.1) is 0 Å². The summed E-state index contributed by atoms with van der Waals surface area (Å²) in [6, 6.07) is 0.905. The minimum Gasteiger partial charge on any atom is -0.481 e. The highest BCUT2D eigenvalue weighted by molar-refractivity contribution is 6.89. The number of hydrogen-bond acceptors (Lipinski definition) is 6. The highest BCUT2D eigenvalue weighted by Crippen LogP contribution is 2.28. The summed E-state index contributed by atoms with van der Waals surface area (Å²) in [4.78, 5) is 26.9. The highest BCUT2D eigenvalue weighted by atomic mass is 28.5.